The number of amides is 2. The summed E-state index contributed by atoms with van der Waals surface area (Å²) < 4.78 is 19.4. The highest BCUT2D eigenvalue weighted by molar-refractivity contribution is 5.82. The van der Waals surface area contributed by atoms with Gasteiger partial charge in [-0.05, 0) is 65.8 Å². The lowest BCUT2D eigenvalue weighted by molar-refractivity contribution is -0.134. The van der Waals surface area contributed by atoms with Crippen molar-refractivity contribution in [1.29, 1.82) is 0 Å². The van der Waals surface area contributed by atoms with E-state index in [0.717, 1.165) is 41.5 Å². The summed E-state index contributed by atoms with van der Waals surface area (Å²) in [4.78, 5) is 27.3. The Labute approximate surface area is 198 Å². The highest BCUT2D eigenvalue weighted by atomic mass is 19.1. The summed E-state index contributed by atoms with van der Waals surface area (Å²) >= 11 is 0. The van der Waals surface area contributed by atoms with Gasteiger partial charge < -0.3 is 15.0 Å². The van der Waals surface area contributed by atoms with Gasteiger partial charge in [0.05, 0.1) is 6.04 Å². The average Bonchev–Trinajstić information content (AvgIpc) is 3.72. The molecule has 0 radical (unpaired) electrons. The van der Waals surface area contributed by atoms with Crippen LogP contribution in [0.1, 0.15) is 41.1 Å². The quantitative estimate of drug-likeness (QED) is 0.571. The van der Waals surface area contributed by atoms with Crippen molar-refractivity contribution >= 4 is 11.8 Å². The number of carbonyl (C=O) groups is 2. The molecule has 174 valence electrons. The van der Waals surface area contributed by atoms with E-state index in [1.165, 1.54) is 12.1 Å². The Morgan fingerprint density at radius 1 is 1.00 bits per heavy atom. The van der Waals surface area contributed by atoms with Crippen LogP contribution in [-0.2, 0) is 22.6 Å². The van der Waals surface area contributed by atoms with E-state index >= 15 is 0 Å². The van der Waals surface area contributed by atoms with Crippen LogP contribution >= 0.6 is 0 Å². The van der Waals surface area contributed by atoms with Crippen LogP contribution in [0, 0.1) is 11.7 Å². The van der Waals surface area contributed by atoms with Gasteiger partial charge in [0.25, 0.3) is 5.91 Å². The number of hydrogen-bond acceptors (Lipinski definition) is 3. The average molecular weight is 459 g/mol. The third-order valence-corrected chi connectivity index (χ3v) is 6.44. The third kappa shape index (κ3) is 4.96. The Balaban J connectivity index is 1.33. The molecule has 1 atom stereocenters. The van der Waals surface area contributed by atoms with E-state index in [9.17, 15) is 14.0 Å². The third-order valence-electron chi connectivity index (χ3n) is 6.44. The second-order valence-electron chi connectivity index (χ2n) is 8.92. The van der Waals surface area contributed by atoms with Gasteiger partial charge in [-0.3, -0.25) is 9.59 Å². The maximum atomic E-state index is 13.6. The van der Waals surface area contributed by atoms with E-state index < -0.39 is 0 Å². The molecule has 1 aliphatic carbocycles. The van der Waals surface area contributed by atoms with Crippen molar-refractivity contribution in [3.8, 4) is 5.75 Å². The lowest BCUT2D eigenvalue weighted by atomic mass is 9.87. The van der Waals surface area contributed by atoms with E-state index in [1.54, 1.807) is 12.1 Å². The number of rotatable bonds is 7. The van der Waals surface area contributed by atoms with Gasteiger partial charge in [0.15, 0.2) is 6.61 Å². The molecule has 0 spiro atoms. The lowest BCUT2D eigenvalue weighted by Gasteiger charge is -2.38. The minimum atomic E-state index is -0.307. The Morgan fingerprint density at radius 2 is 1.76 bits per heavy atom. The van der Waals surface area contributed by atoms with Crippen LogP contribution in [0.15, 0.2) is 72.8 Å². The molecule has 5 nitrogen and oxygen atoms in total. The van der Waals surface area contributed by atoms with Gasteiger partial charge in [-0.25, -0.2) is 4.39 Å². The number of fused-ring (bicyclic) bond motifs is 1. The molecule has 5 rings (SSSR count). The summed E-state index contributed by atoms with van der Waals surface area (Å²) in [5.41, 5.74) is 3.99. The SMILES string of the molecule is O=C(COc1ccc2c(c1)[C@@H](c1ccc(F)cc1)N(C(=O)C1CC1)CC2)NCc1ccccc1. The van der Waals surface area contributed by atoms with Gasteiger partial charge >= 0.3 is 0 Å². The van der Waals surface area contributed by atoms with Crippen LogP contribution in [0.2, 0.25) is 0 Å². The molecule has 2 aliphatic rings. The molecule has 0 saturated heterocycles. The van der Waals surface area contributed by atoms with Crippen LogP contribution in [-0.4, -0.2) is 29.9 Å². The number of hydrogen-bond donors (Lipinski definition) is 1. The van der Waals surface area contributed by atoms with Crippen molar-refractivity contribution in [1.82, 2.24) is 10.2 Å². The standard InChI is InChI=1S/C28H27FN2O3/c29-23-11-8-21(9-12-23)27-25-16-24(34-18-26(32)30-17-19-4-2-1-3-5-19)13-10-20(25)14-15-31(27)28(33)22-6-7-22/h1-5,8-13,16,22,27H,6-7,14-15,17-18H2,(H,30,32)/t27-/m1/s1. The van der Waals surface area contributed by atoms with Crippen LogP contribution in [0.4, 0.5) is 4.39 Å². The Morgan fingerprint density at radius 3 is 2.50 bits per heavy atom. The van der Waals surface area contributed by atoms with Gasteiger partial charge in [0.2, 0.25) is 5.91 Å². The smallest absolute Gasteiger partial charge is 0.258 e. The first-order chi connectivity index (χ1) is 16.6. The fourth-order valence-electron chi connectivity index (χ4n) is 4.49. The summed E-state index contributed by atoms with van der Waals surface area (Å²) in [5, 5.41) is 2.86. The molecule has 34 heavy (non-hydrogen) atoms. The summed E-state index contributed by atoms with van der Waals surface area (Å²) in [5.74, 6) is 0.311. The molecule has 1 N–H and O–H groups in total. The normalized spacial score (nSPS) is 17.1. The summed E-state index contributed by atoms with van der Waals surface area (Å²) in [6, 6.07) is 21.5. The molecule has 1 aliphatic heterocycles. The first-order valence-corrected chi connectivity index (χ1v) is 11.7. The molecule has 0 aromatic heterocycles. The maximum Gasteiger partial charge on any atom is 0.258 e. The molecule has 6 heteroatoms. The second kappa shape index (κ2) is 9.67. The summed E-state index contributed by atoms with van der Waals surface area (Å²) in [7, 11) is 0. The number of nitrogens with zero attached hydrogens (tertiary/aromatic N) is 1. The molecule has 0 unspecified atom stereocenters. The fourth-order valence-corrected chi connectivity index (χ4v) is 4.49. The second-order valence-corrected chi connectivity index (χ2v) is 8.92. The van der Waals surface area contributed by atoms with E-state index in [4.69, 9.17) is 4.74 Å². The molecule has 1 heterocycles. The number of benzene rings is 3. The van der Waals surface area contributed by atoms with Gasteiger partial charge in [0.1, 0.15) is 11.6 Å². The number of halogens is 1. The van der Waals surface area contributed by atoms with E-state index in [2.05, 4.69) is 5.32 Å². The molecular weight excluding hydrogens is 431 g/mol. The van der Waals surface area contributed by atoms with Crippen molar-refractivity contribution < 1.29 is 18.7 Å². The van der Waals surface area contributed by atoms with Crippen LogP contribution in [0.5, 0.6) is 5.75 Å². The summed E-state index contributed by atoms with van der Waals surface area (Å²) in [6.07, 6.45) is 2.61. The zero-order chi connectivity index (χ0) is 23.5. The zero-order valence-corrected chi connectivity index (χ0v) is 18.9. The van der Waals surface area contributed by atoms with E-state index in [0.29, 0.717) is 18.8 Å². The predicted octanol–water partition coefficient (Wildman–Crippen LogP) is 4.41. The van der Waals surface area contributed by atoms with Gasteiger partial charge in [0, 0.05) is 19.0 Å². The molecule has 1 fully saturated rings. The molecule has 1 saturated carbocycles. The number of ether oxygens (including phenoxy) is 1. The van der Waals surface area contributed by atoms with E-state index in [1.807, 2.05) is 53.4 Å². The molecular formula is C28H27FN2O3. The first-order valence-electron chi connectivity index (χ1n) is 11.7. The number of carbonyl (C=O) groups excluding carboxylic acids is 2. The van der Waals surface area contributed by atoms with Crippen LogP contribution in [0.3, 0.4) is 0 Å². The monoisotopic (exact) mass is 458 g/mol. The number of nitrogens with one attached hydrogen (secondary N) is 1. The van der Waals surface area contributed by atoms with E-state index in [-0.39, 0.29) is 36.2 Å². The minimum Gasteiger partial charge on any atom is -0.484 e. The predicted molar refractivity (Wildman–Crippen MR) is 127 cm³/mol. The minimum absolute atomic E-state index is 0.0947. The maximum absolute atomic E-state index is 13.6. The van der Waals surface area contributed by atoms with Crippen molar-refractivity contribution in [2.45, 2.75) is 31.8 Å². The topological polar surface area (TPSA) is 58.6 Å². The molecule has 3 aromatic rings. The zero-order valence-electron chi connectivity index (χ0n) is 18.9. The Bertz CT molecular complexity index is 1180. The fraction of sp³-hybridized carbons (Fsp3) is 0.286. The van der Waals surface area contributed by atoms with Crippen LogP contribution in [0.25, 0.3) is 0 Å². The molecule has 3 aromatic carbocycles. The van der Waals surface area contributed by atoms with Gasteiger partial charge in [-0.1, -0.05) is 48.5 Å². The van der Waals surface area contributed by atoms with Gasteiger partial charge in [-0.15, -0.1) is 0 Å². The van der Waals surface area contributed by atoms with Crippen molar-refractivity contribution in [2.24, 2.45) is 5.92 Å². The lowest BCUT2D eigenvalue weighted by Crippen LogP contribution is -2.41. The van der Waals surface area contributed by atoms with Crippen molar-refractivity contribution in [3.05, 3.63) is 101 Å². The highest BCUT2D eigenvalue weighted by Gasteiger charge is 2.39. The van der Waals surface area contributed by atoms with Crippen molar-refractivity contribution in [2.75, 3.05) is 13.2 Å². The highest BCUT2D eigenvalue weighted by Crippen LogP contribution is 2.41. The van der Waals surface area contributed by atoms with Crippen LogP contribution < -0.4 is 10.1 Å². The summed E-state index contributed by atoms with van der Waals surface area (Å²) in [6.45, 7) is 0.974. The largest absolute Gasteiger partial charge is 0.484 e. The van der Waals surface area contributed by atoms with Crippen molar-refractivity contribution in [3.63, 3.8) is 0 Å². The van der Waals surface area contributed by atoms with Gasteiger partial charge in [-0.2, -0.15) is 0 Å². The Kier molecular flexibility index (Phi) is 6.30. The Hall–Kier alpha value is -3.67. The first kappa shape index (κ1) is 22.1. The molecule has 0 bridgehead atoms. The molecule has 2 amide bonds.